The second-order valence-corrected chi connectivity index (χ2v) is 7.14. The van der Waals surface area contributed by atoms with Crippen molar-refractivity contribution in [2.45, 2.75) is 38.7 Å². The largest absolute Gasteiger partial charge is 0.478 e. The van der Waals surface area contributed by atoms with Crippen molar-refractivity contribution in [3.8, 4) is 0 Å². The number of carboxylic acid groups (broad SMARTS) is 1. The molecule has 142 valence electrons. The predicted molar refractivity (Wildman–Crippen MR) is 98.4 cm³/mol. The van der Waals surface area contributed by atoms with Crippen LogP contribution in [0.3, 0.4) is 0 Å². The molecule has 1 atom stereocenters. The summed E-state index contributed by atoms with van der Waals surface area (Å²) in [5.74, 6) is -2.68. The first kappa shape index (κ1) is 20.2. The van der Waals surface area contributed by atoms with Crippen LogP contribution >= 0.6 is 0 Å². The van der Waals surface area contributed by atoms with Crippen molar-refractivity contribution in [3.63, 3.8) is 0 Å². The van der Waals surface area contributed by atoms with Gasteiger partial charge >= 0.3 is 11.9 Å². The van der Waals surface area contributed by atoms with E-state index in [-0.39, 0.29) is 16.7 Å². The van der Waals surface area contributed by atoms with Crippen LogP contribution in [0.25, 0.3) is 0 Å². The van der Waals surface area contributed by atoms with Crippen LogP contribution in [-0.4, -0.2) is 22.8 Å². The van der Waals surface area contributed by atoms with Gasteiger partial charge in [-0.05, 0) is 35.3 Å². The van der Waals surface area contributed by atoms with Gasteiger partial charge in [0.05, 0.1) is 6.26 Å². The SMILES string of the molecule is CC(=O)OC(/C=C/C(=O)c1ccco1)(C(=O)O)c1ccc(C(C)(C)C)cc1. The minimum Gasteiger partial charge on any atom is -0.478 e. The van der Waals surface area contributed by atoms with Gasteiger partial charge in [0.1, 0.15) is 0 Å². The van der Waals surface area contributed by atoms with E-state index in [0.29, 0.717) is 0 Å². The van der Waals surface area contributed by atoms with Gasteiger partial charge in [-0.2, -0.15) is 0 Å². The molecule has 0 aliphatic carbocycles. The predicted octanol–water partition coefficient (Wildman–Crippen LogP) is 3.86. The molecule has 6 nitrogen and oxygen atoms in total. The topological polar surface area (TPSA) is 93.8 Å². The summed E-state index contributed by atoms with van der Waals surface area (Å²) in [4.78, 5) is 35.9. The maximum absolute atomic E-state index is 12.2. The zero-order valence-electron chi connectivity index (χ0n) is 15.7. The first-order valence-electron chi connectivity index (χ1n) is 8.37. The van der Waals surface area contributed by atoms with Gasteiger partial charge in [0.15, 0.2) is 5.76 Å². The summed E-state index contributed by atoms with van der Waals surface area (Å²) in [5, 5.41) is 9.84. The van der Waals surface area contributed by atoms with Crippen LogP contribution in [0.2, 0.25) is 0 Å². The molecule has 0 spiro atoms. The number of hydrogen-bond acceptors (Lipinski definition) is 5. The van der Waals surface area contributed by atoms with E-state index in [4.69, 9.17) is 9.15 Å². The quantitative estimate of drug-likeness (QED) is 0.471. The highest BCUT2D eigenvalue weighted by molar-refractivity contribution is 6.03. The molecular weight excluding hydrogens is 348 g/mol. The maximum atomic E-state index is 12.2. The van der Waals surface area contributed by atoms with Crippen LogP contribution in [0.15, 0.2) is 59.2 Å². The van der Waals surface area contributed by atoms with E-state index < -0.39 is 23.3 Å². The van der Waals surface area contributed by atoms with Crippen LogP contribution in [0.4, 0.5) is 0 Å². The maximum Gasteiger partial charge on any atom is 0.357 e. The van der Waals surface area contributed by atoms with E-state index in [9.17, 15) is 19.5 Å². The molecule has 0 aliphatic rings. The first-order valence-corrected chi connectivity index (χ1v) is 8.37. The van der Waals surface area contributed by atoms with Gasteiger partial charge in [-0.25, -0.2) is 4.79 Å². The van der Waals surface area contributed by atoms with E-state index in [0.717, 1.165) is 24.6 Å². The standard InChI is InChI=1S/C21H22O6/c1-14(22)27-21(19(24)25,12-11-17(23)18-6-5-13-26-18)16-9-7-15(8-10-16)20(2,3)4/h5-13H,1-4H3,(H,24,25)/b12-11+. The highest BCUT2D eigenvalue weighted by Gasteiger charge is 2.42. The monoisotopic (exact) mass is 370 g/mol. The molecule has 0 fully saturated rings. The van der Waals surface area contributed by atoms with Crippen LogP contribution in [0, 0.1) is 0 Å². The molecule has 1 N–H and O–H groups in total. The van der Waals surface area contributed by atoms with Crippen molar-refractivity contribution in [2.75, 3.05) is 0 Å². The van der Waals surface area contributed by atoms with E-state index in [1.807, 2.05) is 20.8 Å². The molecule has 0 saturated heterocycles. The lowest BCUT2D eigenvalue weighted by Crippen LogP contribution is -2.38. The number of ketones is 1. The van der Waals surface area contributed by atoms with Gasteiger partial charge < -0.3 is 14.3 Å². The number of carboxylic acids is 1. The molecule has 2 rings (SSSR count). The fourth-order valence-corrected chi connectivity index (χ4v) is 2.57. The Bertz CT molecular complexity index is 853. The summed E-state index contributed by atoms with van der Waals surface area (Å²) < 4.78 is 10.2. The number of carbonyl (C=O) groups excluding carboxylic acids is 2. The third kappa shape index (κ3) is 4.53. The van der Waals surface area contributed by atoms with Crippen LogP contribution in [0.5, 0.6) is 0 Å². The molecule has 0 bridgehead atoms. The lowest BCUT2D eigenvalue weighted by Gasteiger charge is -2.27. The number of rotatable bonds is 6. The smallest absolute Gasteiger partial charge is 0.357 e. The van der Waals surface area contributed by atoms with Gasteiger partial charge in [-0.15, -0.1) is 0 Å². The number of ether oxygens (including phenoxy) is 1. The number of carbonyl (C=O) groups is 3. The van der Waals surface area contributed by atoms with Gasteiger partial charge in [-0.1, -0.05) is 45.0 Å². The van der Waals surface area contributed by atoms with Crippen molar-refractivity contribution in [1.29, 1.82) is 0 Å². The fourth-order valence-electron chi connectivity index (χ4n) is 2.57. The summed E-state index contributed by atoms with van der Waals surface area (Å²) in [6.45, 7) is 7.20. The van der Waals surface area contributed by atoms with Gasteiger partial charge in [-0.3, -0.25) is 9.59 Å². The molecular formula is C21H22O6. The highest BCUT2D eigenvalue weighted by atomic mass is 16.6. The van der Waals surface area contributed by atoms with E-state index in [2.05, 4.69) is 0 Å². The number of aliphatic carboxylic acids is 1. The van der Waals surface area contributed by atoms with Crippen molar-refractivity contribution < 1.29 is 28.6 Å². The Labute approximate surface area is 157 Å². The van der Waals surface area contributed by atoms with Gasteiger partial charge in [0, 0.05) is 12.5 Å². The highest BCUT2D eigenvalue weighted by Crippen LogP contribution is 2.31. The van der Waals surface area contributed by atoms with Crippen LogP contribution < -0.4 is 0 Å². The van der Waals surface area contributed by atoms with E-state index in [1.165, 1.54) is 12.3 Å². The second-order valence-electron chi connectivity index (χ2n) is 7.14. The lowest BCUT2D eigenvalue weighted by molar-refractivity contribution is -0.172. The third-order valence-corrected chi connectivity index (χ3v) is 4.04. The van der Waals surface area contributed by atoms with E-state index in [1.54, 1.807) is 30.3 Å². The Morgan fingerprint density at radius 2 is 1.63 bits per heavy atom. The number of furan rings is 1. The van der Waals surface area contributed by atoms with Gasteiger partial charge in [0.2, 0.25) is 5.78 Å². The Hall–Kier alpha value is -3.15. The van der Waals surface area contributed by atoms with Crippen molar-refractivity contribution in [3.05, 3.63) is 71.7 Å². The summed E-state index contributed by atoms with van der Waals surface area (Å²) in [6, 6.07) is 9.72. The molecule has 2 aromatic rings. The van der Waals surface area contributed by atoms with Crippen molar-refractivity contribution in [1.82, 2.24) is 0 Å². The summed E-state index contributed by atoms with van der Waals surface area (Å²) >= 11 is 0. The molecule has 0 saturated carbocycles. The van der Waals surface area contributed by atoms with Crippen molar-refractivity contribution in [2.24, 2.45) is 0 Å². The zero-order chi connectivity index (χ0) is 20.2. The first-order chi connectivity index (χ1) is 12.6. The van der Waals surface area contributed by atoms with Crippen LogP contribution in [-0.2, 0) is 25.3 Å². The lowest BCUT2D eigenvalue weighted by atomic mass is 9.84. The number of esters is 1. The van der Waals surface area contributed by atoms with Crippen molar-refractivity contribution >= 4 is 17.7 Å². The minimum absolute atomic E-state index is 0.0523. The molecule has 6 heteroatoms. The van der Waals surface area contributed by atoms with E-state index >= 15 is 0 Å². The fraction of sp³-hybridized carbons (Fsp3) is 0.286. The minimum atomic E-state index is -2.12. The zero-order valence-corrected chi connectivity index (χ0v) is 15.7. The number of benzene rings is 1. The molecule has 0 radical (unpaired) electrons. The molecule has 0 amide bonds. The summed E-state index contributed by atoms with van der Waals surface area (Å²) in [7, 11) is 0. The summed E-state index contributed by atoms with van der Waals surface area (Å²) in [5.41, 5.74) is -1.03. The molecule has 1 aromatic heterocycles. The number of allylic oxidation sites excluding steroid dienone is 1. The molecule has 1 heterocycles. The normalized spacial score (nSPS) is 13.9. The Balaban J connectivity index is 2.51. The molecule has 1 unspecified atom stereocenters. The molecule has 0 aliphatic heterocycles. The number of hydrogen-bond donors (Lipinski definition) is 1. The molecule has 1 aromatic carbocycles. The molecule has 27 heavy (non-hydrogen) atoms. The van der Waals surface area contributed by atoms with Gasteiger partial charge in [0.25, 0.3) is 5.60 Å². The second kappa shape index (κ2) is 7.61. The Kier molecular flexibility index (Phi) is 5.69. The average molecular weight is 370 g/mol. The Morgan fingerprint density at radius 1 is 1.04 bits per heavy atom. The average Bonchev–Trinajstić information content (AvgIpc) is 3.11. The Morgan fingerprint density at radius 3 is 2.07 bits per heavy atom. The third-order valence-electron chi connectivity index (χ3n) is 4.04. The summed E-state index contributed by atoms with van der Waals surface area (Å²) in [6.07, 6.45) is 3.43. The van der Waals surface area contributed by atoms with Crippen LogP contribution in [0.1, 0.15) is 49.4 Å².